The summed E-state index contributed by atoms with van der Waals surface area (Å²) in [6.07, 6.45) is 7.63. The van der Waals surface area contributed by atoms with Gasteiger partial charge >= 0.3 is 0 Å². The van der Waals surface area contributed by atoms with Crippen LogP contribution in [0.5, 0.6) is 0 Å². The van der Waals surface area contributed by atoms with E-state index in [0.717, 1.165) is 0 Å². The number of Topliss-reactive ketones (excluding diaryl/α,β-unsaturated/α-hetero) is 1. The number of carbonyl (C=O) groups is 1. The minimum absolute atomic E-state index is 0.0828. The molecular formula is C13H24O2. The molecule has 0 bridgehead atoms. The molecule has 2 heteroatoms. The molecule has 0 aromatic heterocycles. The summed E-state index contributed by atoms with van der Waals surface area (Å²) in [6.45, 7) is 5.79. The summed E-state index contributed by atoms with van der Waals surface area (Å²) in [7, 11) is 0. The van der Waals surface area contributed by atoms with E-state index in [2.05, 4.69) is 6.92 Å². The Balaban J connectivity index is 2.26. The Bertz CT molecular complexity index is 195. The molecule has 0 amide bonds. The molecule has 0 unspecified atom stereocenters. The normalized spacial score (nSPS) is 22.3. The van der Waals surface area contributed by atoms with Gasteiger partial charge in [0.1, 0.15) is 5.78 Å². The molecule has 1 fully saturated rings. The second-order valence-corrected chi connectivity index (χ2v) is 4.96. The topological polar surface area (TPSA) is 26.3 Å². The Kier molecular flexibility index (Phi) is 5.30. The van der Waals surface area contributed by atoms with E-state index >= 15 is 0 Å². The predicted molar refractivity (Wildman–Crippen MR) is 61.9 cm³/mol. The Labute approximate surface area is 93.4 Å². The van der Waals surface area contributed by atoms with Gasteiger partial charge in [-0.05, 0) is 39.5 Å². The van der Waals surface area contributed by atoms with E-state index in [-0.39, 0.29) is 11.9 Å². The van der Waals surface area contributed by atoms with Crippen LogP contribution in [-0.2, 0) is 9.53 Å². The van der Waals surface area contributed by atoms with Crippen molar-refractivity contribution in [2.75, 3.05) is 0 Å². The first-order chi connectivity index (χ1) is 7.09. The molecule has 2 nitrogen and oxygen atoms in total. The highest BCUT2D eigenvalue weighted by Gasteiger charge is 2.22. The third kappa shape index (κ3) is 4.78. The standard InChI is InChI=1S/C13H24O2/c1-10(14)9-11(2)15-12(3)13-7-5-4-6-8-13/h11-13H,4-9H2,1-3H3/t11-,12+/m1/s1. The molecular weight excluding hydrogens is 188 g/mol. The molecule has 0 aliphatic heterocycles. The Morgan fingerprint density at radius 2 is 1.87 bits per heavy atom. The van der Waals surface area contributed by atoms with Gasteiger partial charge in [-0.1, -0.05) is 19.3 Å². The smallest absolute Gasteiger partial charge is 0.132 e. The molecule has 1 aliphatic carbocycles. The molecule has 1 aliphatic rings. The van der Waals surface area contributed by atoms with Crippen LogP contribution >= 0.6 is 0 Å². The van der Waals surface area contributed by atoms with E-state index in [1.807, 2.05) is 6.92 Å². The minimum Gasteiger partial charge on any atom is -0.375 e. The fraction of sp³-hybridized carbons (Fsp3) is 0.923. The van der Waals surface area contributed by atoms with Crippen LogP contribution in [0.15, 0.2) is 0 Å². The first-order valence-corrected chi connectivity index (χ1v) is 6.24. The van der Waals surface area contributed by atoms with Gasteiger partial charge in [-0.2, -0.15) is 0 Å². The lowest BCUT2D eigenvalue weighted by Gasteiger charge is -2.29. The molecule has 1 rings (SSSR count). The van der Waals surface area contributed by atoms with Gasteiger partial charge in [0.2, 0.25) is 0 Å². The van der Waals surface area contributed by atoms with E-state index < -0.39 is 0 Å². The number of ketones is 1. The monoisotopic (exact) mass is 212 g/mol. The number of ether oxygens (including phenoxy) is 1. The van der Waals surface area contributed by atoms with Crippen LogP contribution in [0, 0.1) is 5.92 Å². The van der Waals surface area contributed by atoms with Crippen LogP contribution in [-0.4, -0.2) is 18.0 Å². The molecule has 0 radical (unpaired) electrons. The molecule has 0 heterocycles. The second-order valence-electron chi connectivity index (χ2n) is 4.96. The SMILES string of the molecule is CC(=O)C[C@@H](C)O[C@@H](C)C1CCCCC1. The minimum atomic E-state index is 0.0828. The van der Waals surface area contributed by atoms with Crippen molar-refractivity contribution in [2.24, 2.45) is 5.92 Å². The third-order valence-electron chi connectivity index (χ3n) is 3.34. The summed E-state index contributed by atoms with van der Waals surface area (Å²) in [6, 6.07) is 0. The van der Waals surface area contributed by atoms with Gasteiger partial charge in [-0.25, -0.2) is 0 Å². The summed E-state index contributed by atoms with van der Waals surface area (Å²) in [5, 5.41) is 0. The van der Waals surface area contributed by atoms with Crippen LogP contribution in [0.25, 0.3) is 0 Å². The van der Waals surface area contributed by atoms with E-state index in [1.165, 1.54) is 32.1 Å². The summed E-state index contributed by atoms with van der Waals surface area (Å²) in [5.41, 5.74) is 0. The molecule has 0 N–H and O–H groups in total. The predicted octanol–water partition coefficient (Wildman–Crippen LogP) is 3.34. The largest absolute Gasteiger partial charge is 0.375 e. The maximum absolute atomic E-state index is 10.9. The van der Waals surface area contributed by atoms with Crippen LogP contribution < -0.4 is 0 Å². The quantitative estimate of drug-likeness (QED) is 0.698. The summed E-state index contributed by atoms with van der Waals surface area (Å²) in [5.74, 6) is 0.937. The molecule has 0 aromatic carbocycles. The number of hydrogen-bond donors (Lipinski definition) is 0. The van der Waals surface area contributed by atoms with Gasteiger partial charge in [0, 0.05) is 6.42 Å². The van der Waals surface area contributed by atoms with Gasteiger partial charge in [0.05, 0.1) is 12.2 Å². The van der Waals surface area contributed by atoms with Crippen molar-refractivity contribution in [2.45, 2.75) is 71.5 Å². The maximum Gasteiger partial charge on any atom is 0.132 e. The fourth-order valence-electron chi connectivity index (χ4n) is 2.53. The van der Waals surface area contributed by atoms with Gasteiger partial charge in [0.15, 0.2) is 0 Å². The zero-order chi connectivity index (χ0) is 11.3. The van der Waals surface area contributed by atoms with Crippen molar-refractivity contribution in [3.05, 3.63) is 0 Å². The first-order valence-electron chi connectivity index (χ1n) is 6.24. The highest BCUT2D eigenvalue weighted by atomic mass is 16.5. The molecule has 88 valence electrons. The van der Waals surface area contributed by atoms with Crippen LogP contribution in [0.4, 0.5) is 0 Å². The average molecular weight is 212 g/mol. The second kappa shape index (κ2) is 6.26. The van der Waals surface area contributed by atoms with E-state index in [1.54, 1.807) is 6.92 Å². The van der Waals surface area contributed by atoms with Crippen LogP contribution in [0.2, 0.25) is 0 Å². The summed E-state index contributed by atoms with van der Waals surface area (Å²) in [4.78, 5) is 10.9. The van der Waals surface area contributed by atoms with Crippen LogP contribution in [0.1, 0.15) is 59.3 Å². The molecule has 15 heavy (non-hydrogen) atoms. The number of carbonyl (C=O) groups excluding carboxylic acids is 1. The van der Waals surface area contributed by atoms with Crippen molar-refractivity contribution >= 4 is 5.78 Å². The lowest BCUT2D eigenvalue weighted by Crippen LogP contribution is -2.27. The Morgan fingerprint density at radius 1 is 1.27 bits per heavy atom. The van der Waals surface area contributed by atoms with Crippen LogP contribution in [0.3, 0.4) is 0 Å². The number of rotatable bonds is 5. The van der Waals surface area contributed by atoms with Crippen molar-refractivity contribution in [1.82, 2.24) is 0 Å². The first kappa shape index (κ1) is 12.7. The molecule has 2 atom stereocenters. The zero-order valence-corrected chi connectivity index (χ0v) is 10.3. The van der Waals surface area contributed by atoms with Crippen molar-refractivity contribution < 1.29 is 9.53 Å². The Morgan fingerprint density at radius 3 is 2.40 bits per heavy atom. The fourth-order valence-corrected chi connectivity index (χ4v) is 2.53. The van der Waals surface area contributed by atoms with E-state index in [9.17, 15) is 4.79 Å². The lowest BCUT2D eigenvalue weighted by molar-refractivity contribution is -0.121. The van der Waals surface area contributed by atoms with E-state index in [0.29, 0.717) is 18.4 Å². The third-order valence-corrected chi connectivity index (χ3v) is 3.34. The average Bonchev–Trinajstić information content (AvgIpc) is 2.17. The van der Waals surface area contributed by atoms with Crippen molar-refractivity contribution in [3.8, 4) is 0 Å². The van der Waals surface area contributed by atoms with Gasteiger partial charge in [-0.15, -0.1) is 0 Å². The van der Waals surface area contributed by atoms with Gasteiger partial charge < -0.3 is 4.74 Å². The zero-order valence-electron chi connectivity index (χ0n) is 10.3. The maximum atomic E-state index is 10.9. The molecule has 1 saturated carbocycles. The van der Waals surface area contributed by atoms with Crippen molar-refractivity contribution in [1.29, 1.82) is 0 Å². The molecule has 0 aromatic rings. The highest BCUT2D eigenvalue weighted by Crippen LogP contribution is 2.28. The van der Waals surface area contributed by atoms with Gasteiger partial charge in [-0.3, -0.25) is 4.79 Å². The van der Waals surface area contributed by atoms with Crippen molar-refractivity contribution in [3.63, 3.8) is 0 Å². The summed E-state index contributed by atoms with van der Waals surface area (Å²) >= 11 is 0. The van der Waals surface area contributed by atoms with Gasteiger partial charge in [0.25, 0.3) is 0 Å². The lowest BCUT2D eigenvalue weighted by atomic mass is 9.86. The van der Waals surface area contributed by atoms with E-state index in [4.69, 9.17) is 4.74 Å². The summed E-state index contributed by atoms with van der Waals surface area (Å²) < 4.78 is 5.88. The highest BCUT2D eigenvalue weighted by molar-refractivity contribution is 5.75. The molecule has 0 saturated heterocycles. The molecule has 0 spiro atoms. The number of hydrogen-bond acceptors (Lipinski definition) is 2. The Hall–Kier alpha value is -0.370.